The van der Waals surface area contributed by atoms with E-state index in [2.05, 4.69) is 9.97 Å². The molecule has 0 spiro atoms. The van der Waals surface area contributed by atoms with Crippen molar-refractivity contribution in [3.63, 3.8) is 0 Å². The molecular formula is C8H10BN3O. The van der Waals surface area contributed by atoms with Crippen molar-refractivity contribution in [1.29, 1.82) is 0 Å². The van der Waals surface area contributed by atoms with E-state index in [0.717, 1.165) is 19.0 Å². The Hall–Kier alpha value is -1.10. The molecule has 0 amide bonds. The highest BCUT2D eigenvalue weighted by Crippen LogP contribution is 2.15. The van der Waals surface area contributed by atoms with E-state index in [9.17, 15) is 0 Å². The molecule has 1 fully saturated rings. The van der Waals surface area contributed by atoms with Crippen LogP contribution in [0.1, 0.15) is 0 Å². The maximum atomic E-state index is 5.47. The number of hydrogen-bond donors (Lipinski definition) is 0. The molecule has 0 unspecified atom stereocenters. The highest BCUT2D eigenvalue weighted by atomic mass is 16.5. The number of ether oxygens (including phenoxy) is 1. The summed E-state index contributed by atoms with van der Waals surface area (Å²) in [6.45, 7) is 1.72. The fourth-order valence-electron chi connectivity index (χ4n) is 1.25. The summed E-state index contributed by atoms with van der Waals surface area (Å²) in [6, 6.07) is 0. The Morgan fingerprint density at radius 1 is 1.46 bits per heavy atom. The van der Waals surface area contributed by atoms with Crippen molar-refractivity contribution in [1.82, 2.24) is 9.97 Å². The summed E-state index contributed by atoms with van der Waals surface area (Å²) in [5.74, 6) is 0.725. The third kappa shape index (κ3) is 1.65. The van der Waals surface area contributed by atoms with Gasteiger partial charge in [-0.3, -0.25) is 0 Å². The smallest absolute Gasteiger partial charge is 0.225 e. The second kappa shape index (κ2) is 3.34. The second-order valence-electron chi connectivity index (χ2n) is 3.08. The Labute approximate surface area is 78.3 Å². The van der Waals surface area contributed by atoms with E-state index in [1.54, 1.807) is 19.5 Å². The molecule has 0 N–H and O–H groups in total. The van der Waals surface area contributed by atoms with Crippen molar-refractivity contribution in [2.24, 2.45) is 0 Å². The van der Waals surface area contributed by atoms with Crippen LogP contribution in [0.2, 0.25) is 0 Å². The highest BCUT2D eigenvalue weighted by molar-refractivity contribution is 6.31. The third-order valence-electron chi connectivity index (χ3n) is 2.12. The Morgan fingerprint density at radius 2 is 2.08 bits per heavy atom. The summed E-state index contributed by atoms with van der Waals surface area (Å²) < 4.78 is 5.14. The minimum absolute atomic E-state index is 0.321. The summed E-state index contributed by atoms with van der Waals surface area (Å²) in [6.07, 6.45) is 3.55. The predicted octanol–water partition coefficient (Wildman–Crippen LogP) is -0.895. The standard InChI is InChI=1S/C8H10BN3O/c1-13-7-4-12(5-7)8-10-2-6(9)3-11-8/h2-3,7H,4-5H2,1H3. The van der Waals surface area contributed by atoms with Crippen LogP contribution in [-0.2, 0) is 4.74 Å². The van der Waals surface area contributed by atoms with Crippen molar-refractivity contribution >= 4 is 19.3 Å². The molecule has 1 saturated heterocycles. The molecule has 0 aromatic carbocycles. The van der Waals surface area contributed by atoms with E-state index in [-0.39, 0.29) is 0 Å². The van der Waals surface area contributed by atoms with Crippen LogP contribution < -0.4 is 10.4 Å². The normalized spacial score (nSPS) is 17.2. The SMILES string of the molecule is [B]c1cnc(N2CC(OC)C2)nc1. The van der Waals surface area contributed by atoms with Gasteiger partial charge in [-0.05, 0) is 0 Å². The van der Waals surface area contributed by atoms with Crippen LogP contribution in [0, 0.1) is 0 Å². The second-order valence-corrected chi connectivity index (χ2v) is 3.08. The van der Waals surface area contributed by atoms with Gasteiger partial charge in [0.05, 0.1) is 6.10 Å². The van der Waals surface area contributed by atoms with Gasteiger partial charge >= 0.3 is 0 Å². The van der Waals surface area contributed by atoms with Gasteiger partial charge in [-0.15, -0.1) is 0 Å². The number of rotatable bonds is 2. The van der Waals surface area contributed by atoms with Crippen molar-refractivity contribution in [3.05, 3.63) is 12.4 Å². The molecule has 0 aliphatic carbocycles. The molecular weight excluding hydrogens is 165 g/mol. The zero-order chi connectivity index (χ0) is 9.26. The summed E-state index contributed by atoms with van der Waals surface area (Å²) in [5, 5.41) is 0. The quantitative estimate of drug-likeness (QED) is 0.546. The van der Waals surface area contributed by atoms with Gasteiger partial charge in [0.2, 0.25) is 5.95 Å². The van der Waals surface area contributed by atoms with Crippen molar-refractivity contribution < 1.29 is 4.74 Å². The molecule has 1 aromatic rings. The Bertz CT molecular complexity index is 284. The molecule has 2 radical (unpaired) electrons. The predicted molar refractivity (Wildman–Crippen MR) is 50.4 cm³/mol. The zero-order valence-electron chi connectivity index (χ0n) is 7.47. The van der Waals surface area contributed by atoms with Crippen molar-refractivity contribution in [2.45, 2.75) is 6.10 Å². The van der Waals surface area contributed by atoms with Gasteiger partial charge in [0.15, 0.2) is 0 Å². The Kier molecular flexibility index (Phi) is 2.18. The van der Waals surface area contributed by atoms with Crippen LogP contribution >= 0.6 is 0 Å². The first-order valence-corrected chi connectivity index (χ1v) is 4.15. The molecule has 2 heterocycles. The van der Waals surface area contributed by atoms with Crippen molar-refractivity contribution in [2.75, 3.05) is 25.1 Å². The lowest BCUT2D eigenvalue weighted by Gasteiger charge is -2.37. The van der Waals surface area contributed by atoms with Gasteiger partial charge in [0.1, 0.15) is 7.85 Å². The fourth-order valence-corrected chi connectivity index (χ4v) is 1.25. The van der Waals surface area contributed by atoms with Gasteiger partial charge < -0.3 is 9.64 Å². The lowest BCUT2D eigenvalue weighted by Crippen LogP contribution is -2.52. The lowest BCUT2D eigenvalue weighted by atomic mass is 10.0. The topological polar surface area (TPSA) is 38.2 Å². The zero-order valence-corrected chi connectivity index (χ0v) is 7.47. The minimum Gasteiger partial charge on any atom is -0.378 e. The summed E-state index contributed by atoms with van der Waals surface area (Å²) in [5.41, 5.74) is 0.590. The maximum absolute atomic E-state index is 5.47. The molecule has 1 aliphatic rings. The molecule has 13 heavy (non-hydrogen) atoms. The monoisotopic (exact) mass is 175 g/mol. The average molecular weight is 175 g/mol. The first-order chi connectivity index (χ1) is 6.29. The van der Waals surface area contributed by atoms with Gasteiger partial charge in [0.25, 0.3) is 0 Å². The Morgan fingerprint density at radius 3 is 2.62 bits per heavy atom. The number of hydrogen-bond acceptors (Lipinski definition) is 4. The van der Waals surface area contributed by atoms with Gasteiger partial charge in [0, 0.05) is 32.6 Å². The molecule has 0 saturated carbocycles. The minimum atomic E-state index is 0.321. The third-order valence-corrected chi connectivity index (χ3v) is 2.12. The van der Waals surface area contributed by atoms with Crippen LogP contribution in [0.15, 0.2) is 12.4 Å². The van der Waals surface area contributed by atoms with Crippen LogP contribution in [0.25, 0.3) is 0 Å². The maximum Gasteiger partial charge on any atom is 0.225 e. The van der Waals surface area contributed by atoms with Gasteiger partial charge in [-0.25, -0.2) is 9.97 Å². The largest absolute Gasteiger partial charge is 0.378 e. The molecule has 5 heteroatoms. The summed E-state index contributed by atoms with van der Waals surface area (Å²) in [7, 11) is 7.19. The van der Waals surface area contributed by atoms with Crippen LogP contribution in [0.4, 0.5) is 5.95 Å². The number of aromatic nitrogens is 2. The molecule has 1 aliphatic heterocycles. The first kappa shape index (κ1) is 8.50. The molecule has 1 aromatic heterocycles. The van der Waals surface area contributed by atoms with E-state index in [1.807, 2.05) is 4.90 Å². The van der Waals surface area contributed by atoms with Gasteiger partial charge in [-0.2, -0.15) is 0 Å². The van der Waals surface area contributed by atoms with Crippen LogP contribution in [0.3, 0.4) is 0 Å². The van der Waals surface area contributed by atoms with Gasteiger partial charge in [-0.1, -0.05) is 5.46 Å². The molecule has 0 atom stereocenters. The fraction of sp³-hybridized carbons (Fsp3) is 0.500. The molecule has 2 rings (SSSR count). The van der Waals surface area contributed by atoms with Crippen molar-refractivity contribution in [3.8, 4) is 0 Å². The molecule has 66 valence electrons. The Balaban J connectivity index is 1.99. The number of nitrogens with zero attached hydrogens (tertiary/aromatic N) is 3. The lowest BCUT2D eigenvalue weighted by molar-refractivity contribution is 0.0778. The van der Waals surface area contributed by atoms with Crippen LogP contribution in [-0.4, -0.2) is 44.1 Å². The van der Waals surface area contributed by atoms with E-state index in [1.165, 1.54) is 0 Å². The molecule has 4 nitrogen and oxygen atoms in total. The van der Waals surface area contributed by atoms with E-state index < -0.39 is 0 Å². The highest BCUT2D eigenvalue weighted by Gasteiger charge is 2.27. The average Bonchev–Trinajstić information content (AvgIpc) is 2.06. The van der Waals surface area contributed by atoms with E-state index in [0.29, 0.717) is 11.6 Å². The first-order valence-electron chi connectivity index (χ1n) is 4.15. The van der Waals surface area contributed by atoms with E-state index in [4.69, 9.17) is 12.6 Å². The summed E-state index contributed by atoms with van der Waals surface area (Å²) in [4.78, 5) is 10.3. The number of anilines is 1. The summed E-state index contributed by atoms with van der Waals surface area (Å²) >= 11 is 0. The van der Waals surface area contributed by atoms with Crippen LogP contribution in [0.5, 0.6) is 0 Å². The van der Waals surface area contributed by atoms with E-state index >= 15 is 0 Å². The molecule has 0 bridgehead atoms. The number of methoxy groups -OCH3 is 1.